The van der Waals surface area contributed by atoms with E-state index in [1.165, 1.54) is 0 Å². The zero-order valence-corrected chi connectivity index (χ0v) is 7.27. The van der Waals surface area contributed by atoms with Gasteiger partial charge in [-0.2, -0.15) is 13.2 Å². The number of aromatic nitrogens is 2. The SMILES string of the molecule is OB(O)c1cnc(OCC(F)(F)F)nc1. The molecule has 9 heteroatoms. The van der Waals surface area contributed by atoms with Crippen LogP contribution in [0.4, 0.5) is 13.2 Å². The van der Waals surface area contributed by atoms with Crippen LogP contribution < -0.4 is 10.2 Å². The molecule has 0 saturated heterocycles. The Balaban J connectivity index is 2.57. The molecular formula is C6H6BF3N2O3. The molecule has 82 valence electrons. The normalized spacial score (nSPS) is 11.3. The van der Waals surface area contributed by atoms with Crippen LogP contribution in [0.15, 0.2) is 12.4 Å². The van der Waals surface area contributed by atoms with Gasteiger partial charge in [0.2, 0.25) is 0 Å². The van der Waals surface area contributed by atoms with E-state index in [2.05, 4.69) is 14.7 Å². The molecule has 0 atom stereocenters. The second-order valence-corrected chi connectivity index (χ2v) is 2.58. The summed E-state index contributed by atoms with van der Waals surface area (Å²) in [5, 5.41) is 17.3. The van der Waals surface area contributed by atoms with Crippen LogP contribution in [0.1, 0.15) is 0 Å². The molecule has 0 saturated carbocycles. The Kier molecular flexibility index (Phi) is 3.48. The van der Waals surface area contributed by atoms with Crippen molar-refractivity contribution < 1.29 is 28.0 Å². The summed E-state index contributed by atoms with van der Waals surface area (Å²) in [5.74, 6) is 0. The molecule has 2 N–H and O–H groups in total. The van der Waals surface area contributed by atoms with Crippen molar-refractivity contribution in [2.24, 2.45) is 0 Å². The van der Waals surface area contributed by atoms with E-state index < -0.39 is 25.9 Å². The smallest absolute Gasteiger partial charge is 0.454 e. The maximum absolute atomic E-state index is 11.7. The first-order valence-electron chi connectivity index (χ1n) is 3.76. The Morgan fingerprint density at radius 2 is 1.80 bits per heavy atom. The second kappa shape index (κ2) is 4.45. The van der Waals surface area contributed by atoms with Gasteiger partial charge < -0.3 is 14.8 Å². The van der Waals surface area contributed by atoms with Crippen molar-refractivity contribution in [3.05, 3.63) is 12.4 Å². The molecule has 0 amide bonds. The van der Waals surface area contributed by atoms with Crippen LogP contribution in [0, 0.1) is 0 Å². The summed E-state index contributed by atoms with van der Waals surface area (Å²) in [6.45, 7) is -1.49. The highest BCUT2D eigenvalue weighted by molar-refractivity contribution is 6.58. The lowest BCUT2D eigenvalue weighted by Gasteiger charge is -2.07. The summed E-state index contributed by atoms with van der Waals surface area (Å²) in [5.41, 5.74) is -0.0330. The topological polar surface area (TPSA) is 75.5 Å². The molecule has 0 aliphatic carbocycles. The predicted octanol–water partition coefficient (Wildman–Crippen LogP) is -0.903. The molecule has 1 heterocycles. The molecule has 15 heavy (non-hydrogen) atoms. The first-order valence-corrected chi connectivity index (χ1v) is 3.76. The minimum atomic E-state index is -4.46. The van der Waals surface area contributed by atoms with E-state index in [9.17, 15) is 13.2 Å². The summed E-state index contributed by atoms with van der Waals surface area (Å²) in [6.07, 6.45) is -2.54. The first-order chi connectivity index (χ1) is 6.88. The molecule has 0 radical (unpaired) electrons. The van der Waals surface area contributed by atoms with Gasteiger partial charge in [0.15, 0.2) is 6.61 Å². The summed E-state index contributed by atoms with van der Waals surface area (Å²) >= 11 is 0. The van der Waals surface area contributed by atoms with Crippen LogP contribution >= 0.6 is 0 Å². The first kappa shape index (κ1) is 11.7. The van der Waals surface area contributed by atoms with Crippen LogP contribution in [0.3, 0.4) is 0 Å². The van der Waals surface area contributed by atoms with Crippen molar-refractivity contribution >= 4 is 12.6 Å². The van der Waals surface area contributed by atoms with Crippen molar-refractivity contribution in [1.29, 1.82) is 0 Å². The number of ether oxygens (including phenoxy) is 1. The van der Waals surface area contributed by atoms with E-state index in [1.807, 2.05) is 0 Å². The summed E-state index contributed by atoms with van der Waals surface area (Å²) in [7, 11) is -1.76. The summed E-state index contributed by atoms with van der Waals surface area (Å²) in [4.78, 5) is 6.70. The van der Waals surface area contributed by atoms with Crippen molar-refractivity contribution in [1.82, 2.24) is 9.97 Å². The molecular weight excluding hydrogens is 216 g/mol. The van der Waals surface area contributed by atoms with Crippen molar-refractivity contribution in [3.63, 3.8) is 0 Å². The van der Waals surface area contributed by atoms with Gasteiger partial charge in [-0.05, 0) is 0 Å². The van der Waals surface area contributed by atoms with E-state index in [0.29, 0.717) is 0 Å². The lowest BCUT2D eigenvalue weighted by Crippen LogP contribution is -2.30. The Morgan fingerprint density at radius 3 is 2.20 bits per heavy atom. The Bertz CT molecular complexity index is 316. The fourth-order valence-corrected chi connectivity index (χ4v) is 0.680. The fourth-order valence-electron chi connectivity index (χ4n) is 0.680. The van der Waals surface area contributed by atoms with Crippen LogP contribution in [0.25, 0.3) is 0 Å². The molecule has 0 fully saturated rings. The van der Waals surface area contributed by atoms with Crippen LogP contribution in [0.2, 0.25) is 0 Å². The molecule has 0 bridgehead atoms. The van der Waals surface area contributed by atoms with Gasteiger partial charge in [-0.25, -0.2) is 9.97 Å². The lowest BCUT2D eigenvalue weighted by molar-refractivity contribution is -0.154. The third kappa shape index (κ3) is 4.13. The van der Waals surface area contributed by atoms with Gasteiger partial charge in [-0.15, -0.1) is 0 Å². The van der Waals surface area contributed by atoms with Gasteiger partial charge in [-0.1, -0.05) is 0 Å². The molecule has 0 unspecified atom stereocenters. The van der Waals surface area contributed by atoms with E-state index in [0.717, 1.165) is 12.4 Å². The molecule has 0 aliphatic heterocycles. The van der Waals surface area contributed by atoms with Crippen LogP contribution in [0.5, 0.6) is 6.01 Å². The third-order valence-electron chi connectivity index (χ3n) is 1.31. The predicted molar refractivity (Wildman–Crippen MR) is 43.4 cm³/mol. The monoisotopic (exact) mass is 222 g/mol. The molecule has 0 aliphatic rings. The number of hydrogen-bond acceptors (Lipinski definition) is 5. The zero-order chi connectivity index (χ0) is 11.5. The van der Waals surface area contributed by atoms with Gasteiger partial charge in [0.1, 0.15) is 0 Å². The van der Waals surface area contributed by atoms with Crippen LogP contribution in [-0.2, 0) is 0 Å². The molecule has 5 nitrogen and oxygen atoms in total. The van der Waals surface area contributed by atoms with E-state index >= 15 is 0 Å². The quantitative estimate of drug-likeness (QED) is 0.648. The standard InChI is InChI=1S/C6H6BF3N2O3/c8-6(9,10)3-15-5-11-1-4(2-12-5)7(13)14/h1-2,13-14H,3H2. The van der Waals surface area contributed by atoms with E-state index in [-0.39, 0.29) is 5.46 Å². The second-order valence-electron chi connectivity index (χ2n) is 2.58. The minimum absolute atomic E-state index is 0.0330. The largest absolute Gasteiger partial charge is 0.491 e. The Labute approximate surface area is 82.7 Å². The number of halogens is 3. The highest BCUT2D eigenvalue weighted by Crippen LogP contribution is 2.15. The maximum atomic E-state index is 11.7. The van der Waals surface area contributed by atoms with Crippen molar-refractivity contribution in [2.45, 2.75) is 6.18 Å². The van der Waals surface area contributed by atoms with Gasteiger partial charge in [-0.3, -0.25) is 0 Å². The lowest BCUT2D eigenvalue weighted by atomic mass is 9.83. The third-order valence-corrected chi connectivity index (χ3v) is 1.31. The molecule has 0 spiro atoms. The minimum Gasteiger partial charge on any atom is -0.454 e. The number of alkyl halides is 3. The number of rotatable bonds is 3. The van der Waals surface area contributed by atoms with Crippen molar-refractivity contribution in [2.75, 3.05) is 6.61 Å². The van der Waals surface area contributed by atoms with E-state index in [4.69, 9.17) is 10.0 Å². The number of nitrogens with zero attached hydrogens (tertiary/aromatic N) is 2. The summed E-state index contributed by atoms with van der Waals surface area (Å²) in [6, 6.07) is -0.475. The van der Waals surface area contributed by atoms with Crippen LogP contribution in [-0.4, -0.2) is 39.9 Å². The van der Waals surface area contributed by atoms with Gasteiger partial charge >= 0.3 is 19.3 Å². The summed E-state index contributed by atoms with van der Waals surface area (Å²) < 4.78 is 39.3. The van der Waals surface area contributed by atoms with Crippen molar-refractivity contribution in [3.8, 4) is 6.01 Å². The molecule has 1 aromatic rings. The number of hydrogen-bond donors (Lipinski definition) is 2. The van der Waals surface area contributed by atoms with Gasteiger partial charge in [0, 0.05) is 17.9 Å². The zero-order valence-electron chi connectivity index (χ0n) is 7.27. The average Bonchev–Trinajstić information content (AvgIpc) is 2.14. The maximum Gasteiger partial charge on any atom is 0.491 e. The van der Waals surface area contributed by atoms with E-state index in [1.54, 1.807) is 0 Å². The highest BCUT2D eigenvalue weighted by atomic mass is 19.4. The van der Waals surface area contributed by atoms with Gasteiger partial charge in [0.05, 0.1) is 0 Å². The van der Waals surface area contributed by atoms with Gasteiger partial charge in [0.25, 0.3) is 0 Å². The molecule has 1 rings (SSSR count). The Hall–Kier alpha value is -1.35. The molecule has 0 aromatic carbocycles. The highest BCUT2D eigenvalue weighted by Gasteiger charge is 2.29. The Morgan fingerprint density at radius 1 is 1.27 bits per heavy atom. The average molecular weight is 222 g/mol. The molecule has 1 aromatic heterocycles. The fraction of sp³-hybridized carbons (Fsp3) is 0.333.